The van der Waals surface area contributed by atoms with Crippen molar-refractivity contribution in [3.63, 3.8) is 0 Å². The van der Waals surface area contributed by atoms with Gasteiger partial charge in [0.1, 0.15) is 5.75 Å². The minimum absolute atomic E-state index is 0.217. The maximum absolute atomic E-state index is 12.4. The molecule has 27 heavy (non-hydrogen) atoms. The maximum Gasteiger partial charge on any atom is 0.257 e. The molecule has 0 radical (unpaired) electrons. The Morgan fingerprint density at radius 1 is 1.19 bits per heavy atom. The van der Waals surface area contributed by atoms with Gasteiger partial charge >= 0.3 is 0 Å². The fourth-order valence-electron chi connectivity index (χ4n) is 2.61. The number of imidazole rings is 1. The molecule has 0 aliphatic heterocycles. The maximum atomic E-state index is 12.4. The summed E-state index contributed by atoms with van der Waals surface area (Å²) >= 11 is 1.39. The quantitative estimate of drug-likeness (QED) is 0.565. The van der Waals surface area contributed by atoms with Crippen LogP contribution in [0.4, 0.5) is 5.13 Å². The molecule has 0 saturated heterocycles. The molecule has 2 aromatic carbocycles. The summed E-state index contributed by atoms with van der Waals surface area (Å²) in [6.07, 6.45) is 5.39. The van der Waals surface area contributed by atoms with Crippen molar-refractivity contribution >= 4 is 22.4 Å². The van der Waals surface area contributed by atoms with E-state index in [1.807, 2.05) is 40.4 Å². The smallest absolute Gasteiger partial charge is 0.257 e. The fraction of sp³-hybridized carbons (Fsp3) is 0.0500. The Balaban J connectivity index is 1.49. The van der Waals surface area contributed by atoms with Crippen molar-refractivity contribution in [2.45, 2.75) is 0 Å². The predicted octanol–water partition coefficient (Wildman–Crippen LogP) is 4.26. The first-order valence-electron chi connectivity index (χ1n) is 8.22. The first kappa shape index (κ1) is 17.0. The molecule has 0 spiro atoms. The summed E-state index contributed by atoms with van der Waals surface area (Å²) in [5, 5.41) is 5.31. The van der Waals surface area contributed by atoms with E-state index >= 15 is 0 Å². The molecule has 0 bridgehead atoms. The molecule has 4 aromatic rings. The van der Waals surface area contributed by atoms with Crippen molar-refractivity contribution in [2.24, 2.45) is 0 Å². The number of anilines is 1. The molecule has 0 fully saturated rings. The Kier molecular flexibility index (Phi) is 4.67. The van der Waals surface area contributed by atoms with Gasteiger partial charge in [0.15, 0.2) is 5.13 Å². The second-order valence-electron chi connectivity index (χ2n) is 5.74. The van der Waals surface area contributed by atoms with Crippen LogP contribution in [0.15, 0.2) is 72.6 Å². The van der Waals surface area contributed by atoms with Gasteiger partial charge < -0.3 is 9.30 Å². The lowest BCUT2D eigenvalue weighted by Gasteiger charge is -2.04. The van der Waals surface area contributed by atoms with Gasteiger partial charge in [-0.25, -0.2) is 9.97 Å². The van der Waals surface area contributed by atoms with Gasteiger partial charge in [-0.2, -0.15) is 0 Å². The third-order valence-electron chi connectivity index (χ3n) is 4.02. The average Bonchev–Trinajstić information content (AvgIpc) is 3.40. The molecule has 0 atom stereocenters. The molecule has 0 aliphatic rings. The van der Waals surface area contributed by atoms with E-state index in [0.29, 0.717) is 16.4 Å². The zero-order valence-corrected chi connectivity index (χ0v) is 15.3. The summed E-state index contributed by atoms with van der Waals surface area (Å²) in [6.45, 7) is 0. The third-order valence-corrected chi connectivity index (χ3v) is 4.78. The number of aromatic nitrogens is 3. The Labute approximate surface area is 160 Å². The van der Waals surface area contributed by atoms with Crippen LogP contribution in [0, 0.1) is 0 Å². The summed E-state index contributed by atoms with van der Waals surface area (Å²) < 4.78 is 7.09. The lowest BCUT2D eigenvalue weighted by atomic mass is 10.1. The van der Waals surface area contributed by atoms with Gasteiger partial charge in [0, 0.05) is 34.6 Å². The van der Waals surface area contributed by atoms with E-state index in [2.05, 4.69) is 15.3 Å². The highest BCUT2D eigenvalue weighted by molar-refractivity contribution is 7.14. The van der Waals surface area contributed by atoms with Crippen LogP contribution in [0.1, 0.15) is 10.4 Å². The molecule has 6 nitrogen and oxygen atoms in total. The fourth-order valence-corrected chi connectivity index (χ4v) is 3.33. The number of methoxy groups -OCH3 is 1. The van der Waals surface area contributed by atoms with Crippen molar-refractivity contribution in [1.29, 1.82) is 0 Å². The minimum Gasteiger partial charge on any atom is -0.497 e. The topological polar surface area (TPSA) is 69.0 Å². The van der Waals surface area contributed by atoms with Crippen LogP contribution in [0.3, 0.4) is 0 Å². The zero-order valence-electron chi connectivity index (χ0n) is 14.5. The Morgan fingerprint density at radius 3 is 2.78 bits per heavy atom. The number of amides is 1. The van der Waals surface area contributed by atoms with E-state index in [1.54, 1.807) is 43.9 Å². The Morgan fingerprint density at radius 2 is 2.04 bits per heavy atom. The SMILES string of the molecule is COc1cccc(C(=O)Nc2nc(-c3ccc(-n4ccnc4)cc3)cs2)c1. The van der Waals surface area contributed by atoms with Crippen LogP contribution in [-0.4, -0.2) is 27.6 Å². The highest BCUT2D eigenvalue weighted by Crippen LogP contribution is 2.26. The van der Waals surface area contributed by atoms with Gasteiger partial charge in [-0.3, -0.25) is 10.1 Å². The number of rotatable bonds is 5. The molecule has 7 heteroatoms. The minimum atomic E-state index is -0.217. The van der Waals surface area contributed by atoms with E-state index < -0.39 is 0 Å². The predicted molar refractivity (Wildman–Crippen MR) is 106 cm³/mol. The van der Waals surface area contributed by atoms with Crippen LogP contribution in [0.25, 0.3) is 16.9 Å². The number of benzene rings is 2. The summed E-state index contributed by atoms with van der Waals surface area (Å²) in [5.41, 5.74) is 3.35. The van der Waals surface area contributed by atoms with Crippen LogP contribution in [0.2, 0.25) is 0 Å². The van der Waals surface area contributed by atoms with Gasteiger partial charge in [0.25, 0.3) is 5.91 Å². The van der Waals surface area contributed by atoms with Gasteiger partial charge in [0.05, 0.1) is 19.1 Å². The first-order valence-corrected chi connectivity index (χ1v) is 9.10. The molecule has 0 aliphatic carbocycles. The van der Waals surface area contributed by atoms with Crippen LogP contribution >= 0.6 is 11.3 Å². The number of nitrogens with one attached hydrogen (secondary N) is 1. The third kappa shape index (κ3) is 3.73. The highest BCUT2D eigenvalue weighted by atomic mass is 32.1. The number of carbonyl (C=O) groups excluding carboxylic acids is 1. The number of nitrogens with zero attached hydrogens (tertiary/aromatic N) is 3. The molecule has 0 saturated carbocycles. The van der Waals surface area contributed by atoms with Crippen molar-refractivity contribution in [2.75, 3.05) is 12.4 Å². The van der Waals surface area contributed by atoms with Crippen LogP contribution < -0.4 is 10.1 Å². The second kappa shape index (κ2) is 7.43. The number of carbonyl (C=O) groups is 1. The molecular formula is C20H16N4O2S. The molecule has 2 aromatic heterocycles. The standard InChI is InChI=1S/C20H16N4O2S/c1-26-17-4-2-3-15(11-17)19(25)23-20-22-18(12-27-20)14-5-7-16(8-6-14)24-10-9-21-13-24/h2-13H,1H3,(H,22,23,25). The molecule has 1 N–H and O–H groups in total. The van der Waals surface area contributed by atoms with Crippen molar-refractivity contribution in [1.82, 2.24) is 14.5 Å². The molecule has 1 amide bonds. The molecule has 4 rings (SSSR count). The van der Waals surface area contributed by atoms with Gasteiger partial charge in [-0.1, -0.05) is 18.2 Å². The van der Waals surface area contributed by atoms with Crippen LogP contribution in [-0.2, 0) is 0 Å². The lowest BCUT2D eigenvalue weighted by molar-refractivity contribution is 0.102. The number of hydrogen-bond acceptors (Lipinski definition) is 5. The van der Waals surface area contributed by atoms with E-state index in [9.17, 15) is 4.79 Å². The monoisotopic (exact) mass is 376 g/mol. The zero-order chi connectivity index (χ0) is 18.6. The summed E-state index contributed by atoms with van der Waals surface area (Å²) in [6, 6.07) is 15.0. The van der Waals surface area contributed by atoms with Gasteiger partial charge in [-0.15, -0.1) is 11.3 Å². The van der Waals surface area contributed by atoms with E-state index in [-0.39, 0.29) is 5.91 Å². The molecular weight excluding hydrogens is 360 g/mol. The lowest BCUT2D eigenvalue weighted by Crippen LogP contribution is -2.11. The van der Waals surface area contributed by atoms with E-state index in [1.165, 1.54) is 11.3 Å². The van der Waals surface area contributed by atoms with Crippen molar-refractivity contribution < 1.29 is 9.53 Å². The highest BCUT2D eigenvalue weighted by Gasteiger charge is 2.11. The number of hydrogen-bond donors (Lipinski definition) is 1. The molecule has 2 heterocycles. The number of thiazole rings is 1. The van der Waals surface area contributed by atoms with Crippen molar-refractivity contribution in [3.8, 4) is 22.7 Å². The largest absolute Gasteiger partial charge is 0.497 e. The summed E-state index contributed by atoms with van der Waals surface area (Å²) in [5.74, 6) is 0.422. The molecule has 134 valence electrons. The van der Waals surface area contributed by atoms with Gasteiger partial charge in [0.2, 0.25) is 0 Å². The normalized spacial score (nSPS) is 10.6. The van der Waals surface area contributed by atoms with Crippen molar-refractivity contribution in [3.05, 3.63) is 78.2 Å². The van der Waals surface area contributed by atoms with E-state index in [0.717, 1.165) is 16.9 Å². The Hall–Kier alpha value is -3.45. The first-order chi connectivity index (χ1) is 13.2. The van der Waals surface area contributed by atoms with E-state index in [4.69, 9.17) is 4.74 Å². The second-order valence-corrected chi connectivity index (χ2v) is 6.60. The number of ether oxygens (including phenoxy) is 1. The Bertz CT molecular complexity index is 1060. The summed E-state index contributed by atoms with van der Waals surface area (Å²) in [7, 11) is 1.57. The van der Waals surface area contributed by atoms with Crippen LogP contribution in [0.5, 0.6) is 5.75 Å². The molecule has 0 unspecified atom stereocenters. The van der Waals surface area contributed by atoms with Gasteiger partial charge in [-0.05, 0) is 30.3 Å². The average molecular weight is 376 g/mol. The summed E-state index contributed by atoms with van der Waals surface area (Å²) in [4.78, 5) is 21.0.